The molecule has 0 aromatic carbocycles. The minimum absolute atomic E-state index is 0.849. The Kier molecular flexibility index (Phi) is 7.58. The van der Waals surface area contributed by atoms with Gasteiger partial charge in [-0.3, -0.25) is 0 Å². The zero-order valence-corrected chi connectivity index (χ0v) is 10.0. The topological polar surface area (TPSA) is 21.3 Å². The van der Waals surface area contributed by atoms with E-state index in [9.17, 15) is 0 Å². The van der Waals surface area contributed by atoms with Crippen LogP contribution in [0, 0.1) is 5.92 Å². The third-order valence-corrected chi connectivity index (χ3v) is 2.91. The molecule has 0 radical (unpaired) electrons. The zero-order chi connectivity index (χ0) is 10.8. The van der Waals surface area contributed by atoms with Crippen LogP contribution in [0.5, 0.6) is 0 Å². The molecule has 0 aromatic rings. The molecular weight excluding hydrogens is 186 g/mol. The maximum absolute atomic E-state index is 5.29. The maximum atomic E-state index is 5.29. The van der Waals surface area contributed by atoms with Gasteiger partial charge in [-0.05, 0) is 58.0 Å². The van der Waals surface area contributed by atoms with Gasteiger partial charge in [-0.25, -0.2) is 0 Å². The number of unbranched alkanes of at least 4 members (excludes halogenated alkanes) is 1. The molecular formula is C13H25NO. The summed E-state index contributed by atoms with van der Waals surface area (Å²) in [5, 5.41) is 3.54. The van der Waals surface area contributed by atoms with Crippen LogP contribution in [-0.4, -0.2) is 26.3 Å². The molecule has 0 aliphatic heterocycles. The normalized spacial score (nSPS) is 20.7. The van der Waals surface area contributed by atoms with E-state index >= 15 is 0 Å². The Labute approximate surface area is 94.1 Å². The molecule has 0 heterocycles. The summed E-state index contributed by atoms with van der Waals surface area (Å²) in [6, 6.07) is 0. The van der Waals surface area contributed by atoms with Gasteiger partial charge in [0.1, 0.15) is 0 Å². The van der Waals surface area contributed by atoms with Gasteiger partial charge in [-0.2, -0.15) is 0 Å². The van der Waals surface area contributed by atoms with Crippen molar-refractivity contribution in [2.45, 2.75) is 39.0 Å². The summed E-state index contributed by atoms with van der Waals surface area (Å²) in [7, 11) is 0. The minimum atomic E-state index is 0.849. The van der Waals surface area contributed by atoms with Crippen LogP contribution >= 0.6 is 0 Å². The Hall–Kier alpha value is -0.340. The third-order valence-electron chi connectivity index (χ3n) is 2.91. The Bertz CT molecular complexity index is 168. The Balaban J connectivity index is 1.82. The van der Waals surface area contributed by atoms with Gasteiger partial charge in [-0.15, -0.1) is 0 Å². The summed E-state index contributed by atoms with van der Waals surface area (Å²) >= 11 is 0. The smallest absolute Gasteiger partial charge is 0.0466 e. The van der Waals surface area contributed by atoms with Crippen molar-refractivity contribution in [3.05, 3.63) is 12.2 Å². The molecule has 0 aromatic heterocycles. The monoisotopic (exact) mass is 211 g/mol. The lowest BCUT2D eigenvalue weighted by molar-refractivity contribution is 0.143. The van der Waals surface area contributed by atoms with Crippen LogP contribution in [0.1, 0.15) is 39.0 Å². The number of hydrogen-bond donors (Lipinski definition) is 1. The molecule has 1 unspecified atom stereocenters. The fraction of sp³-hybridized carbons (Fsp3) is 0.846. The Morgan fingerprint density at radius 1 is 1.33 bits per heavy atom. The van der Waals surface area contributed by atoms with Gasteiger partial charge in [0, 0.05) is 13.2 Å². The molecule has 1 aliphatic rings. The summed E-state index contributed by atoms with van der Waals surface area (Å²) in [5.41, 5.74) is 0. The summed E-state index contributed by atoms with van der Waals surface area (Å²) in [6.07, 6.45) is 11.0. The molecule has 2 nitrogen and oxygen atoms in total. The fourth-order valence-corrected chi connectivity index (χ4v) is 1.95. The lowest BCUT2D eigenvalue weighted by Gasteiger charge is -2.18. The van der Waals surface area contributed by atoms with Crippen LogP contribution in [0.3, 0.4) is 0 Å². The fourth-order valence-electron chi connectivity index (χ4n) is 1.95. The highest BCUT2D eigenvalue weighted by Gasteiger charge is 2.08. The van der Waals surface area contributed by atoms with Gasteiger partial charge in [0.25, 0.3) is 0 Å². The molecule has 0 amide bonds. The molecule has 1 atom stereocenters. The first-order chi connectivity index (χ1) is 7.43. The van der Waals surface area contributed by atoms with Gasteiger partial charge in [0.15, 0.2) is 0 Å². The average Bonchev–Trinajstić information content (AvgIpc) is 2.29. The summed E-state index contributed by atoms with van der Waals surface area (Å²) < 4.78 is 5.29. The van der Waals surface area contributed by atoms with Crippen molar-refractivity contribution in [1.29, 1.82) is 0 Å². The first-order valence-corrected chi connectivity index (χ1v) is 6.37. The van der Waals surface area contributed by atoms with Crippen LogP contribution < -0.4 is 5.32 Å². The van der Waals surface area contributed by atoms with E-state index in [-0.39, 0.29) is 0 Å². The molecule has 0 fully saturated rings. The zero-order valence-electron chi connectivity index (χ0n) is 10.0. The number of allylic oxidation sites excluding steroid dienone is 2. The average molecular weight is 211 g/mol. The largest absolute Gasteiger partial charge is 0.382 e. The highest BCUT2D eigenvalue weighted by molar-refractivity contribution is 4.90. The van der Waals surface area contributed by atoms with E-state index in [1.165, 1.54) is 38.6 Å². The molecule has 0 spiro atoms. The molecule has 0 bridgehead atoms. The standard InChI is InChI=1S/C13H25NO/c1-2-15-11-7-6-10-14-12-13-8-4-3-5-9-13/h3-4,13-14H,2,5-12H2,1H3. The van der Waals surface area contributed by atoms with Gasteiger partial charge < -0.3 is 10.1 Å². The summed E-state index contributed by atoms with van der Waals surface area (Å²) in [6.45, 7) is 6.16. The van der Waals surface area contributed by atoms with Crippen molar-refractivity contribution >= 4 is 0 Å². The summed E-state index contributed by atoms with van der Waals surface area (Å²) in [4.78, 5) is 0. The third kappa shape index (κ3) is 6.69. The summed E-state index contributed by atoms with van der Waals surface area (Å²) in [5.74, 6) is 0.877. The van der Waals surface area contributed by atoms with Gasteiger partial charge in [0.05, 0.1) is 0 Å². The van der Waals surface area contributed by atoms with E-state index in [2.05, 4.69) is 24.4 Å². The molecule has 1 N–H and O–H groups in total. The van der Waals surface area contributed by atoms with E-state index < -0.39 is 0 Å². The maximum Gasteiger partial charge on any atom is 0.0466 e. The Morgan fingerprint density at radius 2 is 2.27 bits per heavy atom. The molecule has 88 valence electrons. The van der Waals surface area contributed by atoms with Crippen LogP contribution in [-0.2, 0) is 4.74 Å². The number of rotatable bonds is 8. The second-order valence-corrected chi connectivity index (χ2v) is 4.26. The SMILES string of the molecule is CCOCCCCNCC1CC=CCC1. The van der Waals surface area contributed by atoms with Crippen molar-refractivity contribution in [2.75, 3.05) is 26.3 Å². The highest BCUT2D eigenvalue weighted by Crippen LogP contribution is 2.16. The lowest BCUT2D eigenvalue weighted by Crippen LogP contribution is -2.24. The molecule has 1 aliphatic carbocycles. The van der Waals surface area contributed by atoms with Crippen molar-refractivity contribution < 1.29 is 4.74 Å². The van der Waals surface area contributed by atoms with E-state index in [1.807, 2.05) is 0 Å². The molecule has 2 heteroatoms. The van der Waals surface area contributed by atoms with E-state index in [0.717, 1.165) is 25.7 Å². The second-order valence-electron chi connectivity index (χ2n) is 4.26. The van der Waals surface area contributed by atoms with Crippen molar-refractivity contribution in [2.24, 2.45) is 5.92 Å². The number of nitrogens with one attached hydrogen (secondary N) is 1. The second kappa shape index (κ2) is 8.93. The number of hydrogen-bond acceptors (Lipinski definition) is 2. The van der Waals surface area contributed by atoms with Crippen LogP contribution in [0.4, 0.5) is 0 Å². The molecule has 1 rings (SSSR count). The molecule has 0 saturated carbocycles. The molecule has 15 heavy (non-hydrogen) atoms. The molecule has 0 saturated heterocycles. The van der Waals surface area contributed by atoms with E-state index in [0.29, 0.717) is 0 Å². The first-order valence-electron chi connectivity index (χ1n) is 6.37. The highest BCUT2D eigenvalue weighted by atomic mass is 16.5. The van der Waals surface area contributed by atoms with Crippen molar-refractivity contribution in [3.8, 4) is 0 Å². The van der Waals surface area contributed by atoms with E-state index in [1.54, 1.807) is 0 Å². The van der Waals surface area contributed by atoms with Gasteiger partial charge in [-0.1, -0.05) is 12.2 Å². The van der Waals surface area contributed by atoms with Crippen molar-refractivity contribution in [3.63, 3.8) is 0 Å². The first kappa shape index (κ1) is 12.7. The van der Waals surface area contributed by atoms with Crippen molar-refractivity contribution in [1.82, 2.24) is 5.32 Å². The lowest BCUT2D eigenvalue weighted by atomic mass is 9.94. The van der Waals surface area contributed by atoms with Crippen LogP contribution in [0.25, 0.3) is 0 Å². The van der Waals surface area contributed by atoms with Crippen LogP contribution in [0.2, 0.25) is 0 Å². The quantitative estimate of drug-likeness (QED) is 0.492. The number of ether oxygens (including phenoxy) is 1. The van der Waals surface area contributed by atoms with Gasteiger partial charge >= 0.3 is 0 Å². The van der Waals surface area contributed by atoms with Gasteiger partial charge in [0.2, 0.25) is 0 Å². The Morgan fingerprint density at radius 3 is 3.00 bits per heavy atom. The van der Waals surface area contributed by atoms with E-state index in [4.69, 9.17) is 4.74 Å². The minimum Gasteiger partial charge on any atom is -0.382 e. The predicted molar refractivity (Wildman–Crippen MR) is 65.1 cm³/mol. The van der Waals surface area contributed by atoms with Crippen LogP contribution in [0.15, 0.2) is 12.2 Å². The predicted octanol–water partition coefficient (Wildman–Crippen LogP) is 2.75.